The number of aromatic nitrogens is 7. The second kappa shape index (κ2) is 42.0. The Kier molecular flexibility index (Phi) is 58.8. The monoisotopic (exact) mass is 635 g/mol. The highest BCUT2D eigenvalue weighted by atomic mass is 32.1. The van der Waals surface area contributed by atoms with Crippen LogP contribution in [-0.2, 0) is 19.5 Å². The highest BCUT2D eigenvalue weighted by Gasteiger charge is 2.17. The minimum atomic E-state index is 0. The van der Waals surface area contributed by atoms with E-state index in [2.05, 4.69) is 58.7 Å². The summed E-state index contributed by atoms with van der Waals surface area (Å²) >= 11 is 1.72. The largest absolute Gasteiger partial charge is 0.273 e. The van der Waals surface area contributed by atoms with Gasteiger partial charge in [0.05, 0.1) is 10.7 Å². The van der Waals surface area contributed by atoms with E-state index >= 15 is 0 Å². The molecule has 0 spiro atoms. The van der Waals surface area contributed by atoms with Crippen LogP contribution in [-0.4, -0.2) is 35.0 Å². The first-order chi connectivity index (χ1) is 18.0. The van der Waals surface area contributed by atoms with E-state index < -0.39 is 0 Å². The molecule has 0 bridgehead atoms. The van der Waals surface area contributed by atoms with Crippen LogP contribution < -0.4 is 0 Å². The fraction of sp³-hybridized carbons (Fsp3) is 0.800. The van der Waals surface area contributed by atoms with Gasteiger partial charge in [-0.1, -0.05) is 132 Å². The highest BCUT2D eigenvalue weighted by molar-refractivity contribution is 7.09. The van der Waals surface area contributed by atoms with Gasteiger partial charge in [0.1, 0.15) is 5.82 Å². The molecule has 0 saturated heterocycles. The summed E-state index contributed by atoms with van der Waals surface area (Å²) in [6.45, 7) is 24.4. The van der Waals surface area contributed by atoms with Gasteiger partial charge in [-0.25, -0.2) is 9.67 Å². The van der Waals surface area contributed by atoms with Crippen LogP contribution in [0.25, 0.3) is 0 Å². The van der Waals surface area contributed by atoms with Crippen molar-refractivity contribution in [3.05, 3.63) is 40.4 Å². The van der Waals surface area contributed by atoms with Crippen molar-refractivity contribution >= 4 is 11.3 Å². The maximum Gasteiger partial charge on any atom is 0.148 e. The fourth-order valence-corrected chi connectivity index (χ4v) is 3.35. The summed E-state index contributed by atoms with van der Waals surface area (Å²) < 4.78 is 3.61. The van der Waals surface area contributed by atoms with Crippen LogP contribution in [0.2, 0.25) is 0 Å². The van der Waals surface area contributed by atoms with Crippen LogP contribution >= 0.6 is 11.3 Å². The third-order valence-electron chi connectivity index (χ3n) is 5.47. The molecule has 0 N–H and O–H groups in total. The molecule has 0 aliphatic heterocycles. The topological polar surface area (TPSA) is 74.3 Å². The van der Waals surface area contributed by atoms with Crippen molar-refractivity contribution in [3.8, 4) is 0 Å². The van der Waals surface area contributed by atoms with Crippen LogP contribution in [0.5, 0.6) is 0 Å². The highest BCUT2D eigenvalue weighted by Crippen LogP contribution is 2.31. The Labute approximate surface area is 278 Å². The third-order valence-corrected chi connectivity index (χ3v) is 6.29. The van der Waals surface area contributed by atoms with E-state index in [4.69, 9.17) is 0 Å². The van der Waals surface area contributed by atoms with E-state index in [1.54, 1.807) is 22.2 Å². The molecule has 8 heteroatoms. The van der Waals surface area contributed by atoms with Gasteiger partial charge in [0, 0.05) is 32.3 Å². The number of tetrazole rings is 1. The van der Waals surface area contributed by atoms with Crippen molar-refractivity contribution in [2.45, 2.75) is 179 Å². The summed E-state index contributed by atoms with van der Waals surface area (Å²) in [5.41, 5.74) is 1.22. The lowest BCUT2D eigenvalue weighted by Gasteiger charge is -1.90. The minimum absolute atomic E-state index is 0. The maximum absolute atomic E-state index is 4.25. The maximum atomic E-state index is 4.25. The first-order valence-corrected chi connectivity index (χ1v) is 15.5. The second-order valence-electron chi connectivity index (χ2n) is 8.32. The van der Waals surface area contributed by atoms with E-state index in [1.807, 2.05) is 65.4 Å². The Morgan fingerprint density at radius 1 is 0.791 bits per heavy atom. The number of nitrogens with zero attached hydrogens (tertiary/aromatic N) is 7. The molecule has 2 aliphatic carbocycles. The molecule has 3 heterocycles. The molecule has 43 heavy (non-hydrogen) atoms. The van der Waals surface area contributed by atoms with E-state index in [0.29, 0.717) is 0 Å². The molecular weight excluding hydrogens is 551 g/mol. The average molecular weight is 635 g/mol. The molecule has 0 aromatic carbocycles. The molecular formula is C35H83N7S. The summed E-state index contributed by atoms with van der Waals surface area (Å²) in [4.78, 5) is 4.25. The average Bonchev–Trinajstić information content (AvgIpc) is 3.84. The Balaban J connectivity index is -0.0000000469. The van der Waals surface area contributed by atoms with Gasteiger partial charge in [-0.05, 0) is 62.4 Å². The molecule has 264 valence electrons. The Bertz CT molecular complexity index is 816. The summed E-state index contributed by atoms with van der Waals surface area (Å²) in [6, 6.07) is 1.92. The van der Waals surface area contributed by atoms with E-state index in [1.165, 1.54) is 49.2 Å². The van der Waals surface area contributed by atoms with Crippen molar-refractivity contribution in [1.82, 2.24) is 35.0 Å². The fourth-order valence-electron chi connectivity index (χ4n) is 2.65. The van der Waals surface area contributed by atoms with Gasteiger partial charge >= 0.3 is 0 Å². The molecule has 2 fully saturated rings. The molecule has 3 aromatic rings. The van der Waals surface area contributed by atoms with Gasteiger partial charge in [-0.2, -0.15) is 5.10 Å². The predicted octanol–water partition coefficient (Wildman–Crippen LogP) is 12.6. The third kappa shape index (κ3) is 36.0. The summed E-state index contributed by atoms with van der Waals surface area (Å²) in [6.07, 6.45) is 13.7. The molecule has 0 radical (unpaired) electrons. The zero-order valence-corrected chi connectivity index (χ0v) is 26.7. The Morgan fingerprint density at radius 2 is 1.28 bits per heavy atom. The van der Waals surface area contributed by atoms with Crippen molar-refractivity contribution in [2.24, 2.45) is 11.8 Å². The summed E-state index contributed by atoms with van der Waals surface area (Å²) in [7, 11) is 0. The Morgan fingerprint density at radius 3 is 1.42 bits per heavy atom. The predicted molar refractivity (Wildman–Crippen MR) is 204 cm³/mol. The lowest BCUT2D eigenvalue weighted by Crippen LogP contribution is -1.98. The lowest BCUT2D eigenvalue weighted by molar-refractivity contribution is 0.611. The quantitative estimate of drug-likeness (QED) is 0.279. The van der Waals surface area contributed by atoms with Crippen LogP contribution in [0, 0.1) is 25.7 Å². The normalized spacial score (nSPS) is 10.9. The first-order valence-electron chi connectivity index (χ1n) is 14.6. The number of aryl methyl sites for hydroxylation is 5. The Hall–Kier alpha value is -2.09. The van der Waals surface area contributed by atoms with Gasteiger partial charge < -0.3 is 0 Å². The molecule has 0 atom stereocenters. The zero-order chi connectivity index (χ0) is 28.5. The van der Waals surface area contributed by atoms with Crippen molar-refractivity contribution in [3.63, 3.8) is 0 Å². The van der Waals surface area contributed by atoms with Crippen molar-refractivity contribution < 1.29 is 1.43 Å². The number of hydrogen-bond donors (Lipinski definition) is 0. The number of hydrogen-bond acceptors (Lipinski definition) is 6. The van der Waals surface area contributed by atoms with E-state index in [-0.39, 0.29) is 46.0 Å². The molecule has 2 saturated carbocycles. The lowest BCUT2D eigenvalue weighted by atomic mass is 10.3. The van der Waals surface area contributed by atoms with Crippen LogP contribution in [0.1, 0.15) is 163 Å². The standard InChI is InChI=1S/C6H9NS.C5H8N2.2C5H10.C4H8N4.2C2H6.6CH4.H2/c1-3-6-4-8-5(2)7-6;1-2-7-5-3-4-6-7;2*1-2-5-3-4-5;1-3-8-4(2)5-6-7-8;2*1-2;;;;;;;/h4H,3H2,1-2H3;3-5H,2H2,1H3;2*5H,2-4H2,1H3;3H2,1-2H3;2*1-2H3;6*1H4;1H/i;;;;;;;;;;;;;1+1. The van der Waals surface area contributed by atoms with Crippen molar-refractivity contribution in [2.75, 3.05) is 0 Å². The van der Waals surface area contributed by atoms with Crippen molar-refractivity contribution in [1.29, 1.82) is 0 Å². The molecule has 7 nitrogen and oxygen atoms in total. The molecule has 0 unspecified atom stereocenters. The van der Waals surface area contributed by atoms with Gasteiger partial charge in [-0.15, -0.1) is 16.4 Å². The van der Waals surface area contributed by atoms with Crippen LogP contribution in [0.4, 0.5) is 0 Å². The first kappa shape index (κ1) is 60.2. The summed E-state index contributed by atoms with van der Waals surface area (Å²) in [5, 5.41) is 18.1. The minimum Gasteiger partial charge on any atom is -0.273 e. The van der Waals surface area contributed by atoms with Gasteiger partial charge in [0.2, 0.25) is 0 Å². The van der Waals surface area contributed by atoms with Crippen LogP contribution in [0.15, 0.2) is 23.8 Å². The van der Waals surface area contributed by atoms with Gasteiger partial charge in [0.25, 0.3) is 0 Å². The SMILES string of the molecule is C.C.C.C.C.C.CC.CC.CCC1CC1.CCC1CC1.CCc1csc(C)n1.CCn1cccn1.CCn1nnnc1C.[2HH]. The van der Waals surface area contributed by atoms with Gasteiger partial charge in [0.15, 0.2) is 0 Å². The molecule has 3 aromatic heterocycles. The van der Waals surface area contributed by atoms with E-state index in [0.717, 1.165) is 37.2 Å². The van der Waals surface area contributed by atoms with Crippen LogP contribution in [0.3, 0.4) is 0 Å². The molecule has 0 amide bonds. The zero-order valence-electron chi connectivity index (χ0n) is 25.9. The number of thiazole rings is 1. The van der Waals surface area contributed by atoms with E-state index in [9.17, 15) is 0 Å². The van der Waals surface area contributed by atoms with Gasteiger partial charge in [-0.3, -0.25) is 4.68 Å². The smallest absolute Gasteiger partial charge is 0.148 e. The second-order valence-corrected chi connectivity index (χ2v) is 9.38. The number of rotatable bonds is 5. The summed E-state index contributed by atoms with van der Waals surface area (Å²) in [5.74, 6) is 3.14. The molecule has 2 aliphatic rings. The molecule has 5 rings (SSSR count).